The van der Waals surface area contributed by atoms with Crippen LogP contribution in [-0.2, 0) is 0 Å². The summed E-state index contributed by atoms with van der Waals surface area (Å²) in [6.45, 7) is 12.3. The number of nitrogens with zero attached hydrogens (tertiary/aromatic N) is 2. The molecule has 1 fully saturated rings. The van der Waals surface area contributed by atoms with Crippen LogP contribution in [0.25, 0.3) is 0 Å². The minimum absolute atomic E-state index is 0.433. The molecule has 1 aliphatic heterocycles. The first-order valence-corrected chi connectivity index (χ1v) is 7.84. The summed E-state index contributed by atoms with van der Waals surface area (Å²) in [6.07, 6.45) is 2.64. The smallest absolute Gasteiger partial charge is 0.0900 e. The molecule has 0 saturated carbocycles. The monoisotopic (exact) mass is 267 g/mol. The van der Waals surface area contributed by atoms with Crippen molar-refractivity contribution in [2.45, 2.75) is 52.6 Å². The van der Waals surface area contributed by atoms with Crippen LogP contribution in [0.4, 0.5) is 0 Å². The number of rotatable bonds is 5. The van der Waals surface area contributed by atoms with Crippen molar-refractivity contribution < 1.29 is 0 Å². The maximum Gasteiger partial charge on any atom is 0.0900 e. The number of aryl methyl sites for hydroxylation is 2. The van der Waals surface area contributed by atoms with Crippen LogP contribution in [0.1, 0.15) is 48.3 Å². The van der Waals surface area contributed by atoms with E-state index in [2.05, 4.69) is 37.9 Å². The second-order valence-electron chi connectivity index (χ2n) is 5.23. The number of aromatic nitrogens is 1. The summed E-state index contributed by atoms with van der Waals surface area (Å²) in [5.74, 6) is 0. The van der Waals surface area contributed by atoms with Crippen LogP contribution in [0.3, 0.4) is 0 Å². The molecule has 1 aromatic rings. The highest BCUT2D eigenvalue weighted by atomic mass is 32.1. The van der Waals surface area contributed by atoms with Gasteiger partial charge in [-0.2, -0.15) is 0 Å². The van der Waals surface area contributed by atoms with E-state index in [-0.39, 0.29) is 0 Å². The van der Waals surface area contributed by atoms with Gasteiger partial charge >= 0.3 is 0 Å². The highest BCUT2D eigenvalue weighted by molar-refractivity contribution is 7.11. The lowest BCUT2D eigenvalue weighted by molar-refractivity contribution is 0.199. The molecular formula is C14H25N3S. The molecule has 0 bridgehead atoms. The SMILES string of the molecule is CCN(CC1CCCN1)C(C)c1nc(C)sc1C. The zero-order valence-electron chi connectivity index (χ0n) is 12.0. The van der Waals surface area contributed by atoms with Gasteiger partial charge in [0.1, 0.15) is 0 Å². The highest BCUT2D eigenvalue weighted by Crippen LogP contribution is 2.27. The van der Waals surface area contributed by atoms with Crippen LogP contribution in [-0.4, -0.2) is 35.6 Å². The summed E-state index contributed by atoms with van der Waals surface area (Å²) in [4.78, 5) is 8.63. The number of nitrogens with one attached hydrogen (secondary N) is 1. The van der Waals surface area contributed by atoms with Gasteiger partial charge in [-0.05, 0) is 46.7 Å². The summed E-state index contributed by atoms with van der Waals surface area (Å²) < 4.78 is 0. The Morgan fingerprint density at radius 1 is 1.50 bits per heavy atom. The zero-order chi connectivity index (χ0) is 13.1. The van der Waals surface area contributed by atoms with Gasteiger partial charge in [0.15, 0.2) is 0 Å². The Bertz CT molecular complexity index is 382. The van der Waals surface area contributed by atoms with Crippen LogP contribution in [0, 0.1) is 13.8 Å². The molecule has 3 nitrogen and oxygen atoms in total. The van der Waals surface area contributed by atoms with E-state index in [1.807, 2.05) is 11.3 Å². The summed E-state index contributed by atoms with van der Waals surface area (Å²) in [6, 6.07) is 1.11. The van der Waals surface area contributed by atoms with Crippen LogP contribution < -0.4 is 5.32 Å². The molecule has 0 aliphatic carbocycles. The summed E-state index contributed by atoms with van der Waals surface area (Å²) in [5, 5.41) is 4.77. The van der Waals surface area contributed by atoms with E-state index >= 15 is 0 Å². The summed E-state index contributed by atoms with van der Waals surface area (Å²) in [7, 11) is 0. The van der Waals surface area contributed by atoms with E-state index in [9.17, 15) is 0 Å². The van der Waals surface area contributed by atoms with Gasteiger partial charge in [0.05, 0.1) is 16.7 Å². The predicted octanol–water partition coefficient (Wildman–Crippen LogP) is 2.89. The van der Waals surface area contributed by atoms with Crippen LogP contribution >= 0.6 is 11.3 Å². The molecule has 2 unspecified atom stereocenters. The van der Waals surface area contributed by atoms with E-state index in [4.69, 9.17) is 4.98 Å². The lowest BCUT2D eigenvalue weighted by Crippen LogP contribution is -2.39. The minimum atomic E-state index is 0.433. The Morgan fingerprint density at radius 2 is 2.28 bits per heavy atom. The Labute approximate surface area is 115 Å². The largest absolute Gasteiger partial charge is 0.313 e. The Morgan fingerprint density at radius 3 is 2.78 bits per heavy atom. The summed E-state index contributed by atoms with van der Waals surface area (Å²) in [5.41, 5.74) is 1.28. The van der Waals surface area contributed by atoms with E-state index in [1.54, 1.807) is 0 Å². The van der Waals surface area contributed by atoms with Gasteiger partial charge in [0.25, 0.3) is 0 Å². The van der Waals surface area contributed by atoms with Crippen molar-refractivity contribution in [2.24, 2.45) is 0 Å². The molecule has 2 heterocycles. The first-order chi connectivity index (χ1) is 8.61. The lowest BCUT2D eigenvalue weighted by atomic mass is 10.1. The molecule has 0 amide bonds. The fourth-order valence-electron chi connectivity index (χ4n) is 2.86. The van der Waals surface area contributed by atoms with Gasteiger partial charge in [-0.25, -0.2) is 4.98 Å². The second kappa shape index (κ2) is 6.13. The summed E-state index contributed by atoms with van der Waals surface area (Å²) >= 11 is 1.81. The van der Waals surface area contributed by atoms with Gasteiger partial charge in [-0.15, -0.1) is 11.3 Å². The molecule has 2 atom stereocenters. The number of hydrogen-bond donors (Lipinski definition) is 1. The standard InChI is InChI=1S/C14H25N3S/c1-5-17(9-13-7-6-8-15-13)10(2)14-11(3)18-12(4)16-14/h10,13,15H,5-9H2,1-4H3. The van der Waals surface area contributed by atoms with Crippen molar-refractivity contribution in [1.29, 1.82) is 0 Å². The maximum atomic E-state index is 4.71. The molecule has 4 heteroatoms. The van der Waals surface area contributed by atoms with E-state index in [0.717, 1.165) is 13.1 Å². The number of likely N-dealkylation sites (N-methyl/N-ethyl adjacent to an activating group) is 1. The van der Waals surface area contributed by atoms with Crippen molar-refractivity contribution in [3.8, 4) is 0 Å². The fraction of sp³-hybridized carbons (Fsp3) is 0.786. The molecule has 0 spiro atoms. The van der Waals surface area contributed by atoms with Crippen LogP contribution in [0.2, 0.25) is 0 Å². The Kier molecular flexibility index (Phi) is 4.76. The maximum absolute atomic E-state index is 4.71. The van der Waals surface area contributed by atoms with Gasteiger partial charge < -0.3 is 5.32 Å². The minimum Gasteiger partial charge on any atom is -0.313 e. The Hall–Kier alpha value is -0.450. The lowest BCUT2D eigenvalue weighted by Gasteiger charge is -2.29. The molecule has 1 saturated heterocycles. The molecule has 0 radical (unpaired) electrons. The first-order valence-electron chi connectivity index (χ1n) is 7.03. The molecule has 1 aliphatic rings. The van der Waals surface area contributed by atoms with Crippen LogP contribution in [0.5, 0.6) is 0 Å². The molecule has 2 rings (SSSR count). The van der Waals surface area contributed by atoms with Crippen molar-refractivity contribution in [2.75, 3.05) is 19.6 Å². The molecule has 18 heavy (non-hydrogen) atoms. The second-order valence-corrected chi connectivity index (χ2v) is 6.64. The topological polar surface area (TPSA) is 28.2 Å². The van der Waals surface area contributed by atoms with Crippen molar-refractivity contribution >= 4 is 11.3 Å². The number of hydrogen-bond acceptors (Lipinski definition) is 4. The van der Waals surface area contributed by atoms with E-state index in [0.29, 0.717) is 12.1 Å². The molecular weight excluding hydrogens is 242 g/mol. The third-order valence-electron chi connectivity index (χ3n) is 3.91. The van der Waals surface area contributed by atoms with Crippen molar-refractivity contribution in [1.82, 2.24) is 15.2 Å². The van der Waals surface area contributed by atoms with Gasteiger partial charge in [-0.3, -0.25) is 4.90 Å². The molecule has 1 N–H and O–H groups in total. The predicted molar refractivity (Wildman–Crippen MR) is 78.3 cm³/mol. The average Bonchev–Trinajstić information content (AvgIpc) is 2.95. The third kappa shape index (κ3) is 3.11. The average molecular weight is 267 g/mol. The fourth-order valence-corrected chi connectivity index (χ4v) is 3.77. The van der Waals surface area contributed by atoms with E-state index < -0.39 is 0 Å². The normalized spacial score (nSPS) is 21.7. The van der Waals surface area contributed by atoms with Gasteiger partial charge in [0.2, 0.25) is 0 Å². The van der Waals surface area contributed by atoms with Crippen molar-refractivity contribution in [3.63, 3.8) is 0 Å². The third-order valence-corrected chi connectivity index (χ3v) is 4.81. The zero-order valence-corrected chi connectivity index (χ0v) is 12.8. The molecule has 102 valence electrons. The molecule has 0 aromatic carbocycles. The first kappa shape index (κ1) is 14.0. The van der Waals surface area contributed by atoms with Crippen LogP contribution in [0.15, 0.2) is 0 Å². The van der Waals surface area contributed by atoms with Crippen molar-refractivity contribution in [3.05, 3.63) is 15.6 Å². The van der Waals surface area contributed by atoms with E-state index in [1.165, 1.54) is 35.0 Å². The highest BCUT2D eigenvalue weighted by Gasteiger charge is 2.23. The van der Waals surface area contributed by atoms with Gasteiger partial charge in [-0.1, -0.05) is 6.92 Å². The Balaban J connectivity index is 2.04. The molecule has 1 aromatic heterocycles. The van der Waals surface area contributed by atoms with Gasteiger partial charge in [0, 0.05) is 17.5 Å². The quantitative estimate of drug-likeness (QED) is 0.889. The number of thiazole rings is 1.